The van der Waals surface area contributed by atoms with Crippen LogP contribution in [-0.2, 0) is 11.2 Å². The molecule has 2 nitrogen and oxygen atoms in total. The first-order chi connectivity index (χ1) is 10.3. The molecule has 2 unspecified atom stereocenters. The smallest absolute Gasteiger partial charge is 0.0576 e. The van der Waals surface area contributed by atoms with Crippen LogP contribution in [-0.4, -0.2) is 25.3 Å². The maximum atomic E-state index is 5.72. The molecule has 0 aromatic heterocycles. The second-order valence-electron chi connectivity index (χ2n) is 6.05. The van der Waals surface area contributed by atoms with Crippen molar-refractivity contribution in [3.8, 4) is 0 Å². The van der Waals surface area contributed by atoms with Crippen LogP contribution in [0.5, 0.6) is 0 Å². The van der Waals surface area contributed by atoms with Gasteiger partial charge >= 0.3 is 0 Å². The van der Waals surface area contributed by atoms with Crippen LogP contribution in [0.4, 0.5) is 0 Å². The Labute approximate surface area is 137 Å². The summed E-state index contributed by atoms with van der Waals surface area (Å²) in [5.41, 5.74) is 1.41. The highest BCUT2D eigenvalue weighted by molar-refractivity contribution is 9.10. The van der Waals surface area contributed by atoms with E-state index < -0.39 is 0 Å². The molecular formula is C18H28BrNO. The largest absolute Gasteiger partial charge is 0.378 e. The molecule has 0 saturated carbocycles. The second-order valence-corrected chi connectivity index (χ2v) is 6.97. The van der Waals surface area contributed by atoms with Gasteiger partial charge in [0, 0.05) is 17.1 Å². The zero-order valence-electron chi connectivity index (χ0n) is 13.1. The minimum Gasteiger partial charge on any atom is -0.378 e. The first-order valence-corrected chi connectivity index (χ1v) is 9.16. The minimum absolute atomic E-state index is 0.530. The molecule has 21 heavy (non-hydrogen) atoms. The first kappa shape index (κ1) is 17.0. The maximum Gasteiger partial charge on any atom is 0.0576 e. The van der Waals surface area contributed by atoms with Gasteiger partial charge in [-0.2, -0.15) is 0 Å². The molecular weight excluding hydrogens is 326 g/mol. The Hall–Kier alpha value is -0.380. The Morgan fingerprint density at radius 2 is 2.33 bits per heavy atom. The van der Waals surface area contributed by atoms with Gasteiger partial charge in [-0.05, 0) is 69.2 Å². The summed E-state index contributed by atoms with van der Waals surface area (Å²) in [5.74, 6) is 0. The number of rotatable bonds is 9. The number of hydrogen-bond acceptors (Lipinski definition) is 2. The van der Waals surface area contributed by atoms with Crippen LogP contribution in [0.1, 0.15) is 51.0 Å². The van der Waals surface area contributed by atoms with Gasteiger partial charge < -0.3 is 10.1 Å². The Kier molecular flexibility index (Phi) is 7.76. The summed E-state index contributed by atoms with van der Waals surface area (Å²) in [5, 5.41) is 3.71. The zero-order chi connectivity index (χ0) is 14.9. The molecule has 0 bridgehead atoms. The molecule has 1 N–H and O–H groups in total. The van der Waals surface area contributed by atoms with Gasteiger partial charge in [0.1, 0.15) is 0 Å². The lowest BCUT2D eigenvalue weighted by atomic mass is 9.99. The van der Waals surface area contributed by atoms with Crippen molar-refractivity contribution in [1.82, 2.24) is 5.32 Å². The quantitative estimate of drug-likeness (QED) is 0.694. The van der Waals surface area contributed by atoms with Crippen molar-refractivity contribution in [2.45, 2.75) is 64.0 Å². The van der Waals surface area contributed by atoms with Crippen molar-refractivity contribution in [1.29, 1.82) is 0 Å². The van der Waals surface area contributed by atoms with Crippen LogP contribution < -0.4 is 5.32 Å². The summed E-state index contributed by atoms with van der Waals surface area (Å²) in [7, 11) is 0. The Balaban J connectivity index is 1.78. The summed E-state index contributed by atoms with van der Waals surface area (Å²) in [6, 6.07) is 9.27. The summed E-state index contributed by atoms with van der Waals surface area (Å²) in [6.07, 6.45) is 9.09. The van der Waals surface area contributed by atoms with E-state index in [1.54, 1.807) is 0 Å². The summed E-state index contributed by atoms with van der Waals surface area (Å²) in [6.45, 7) is 4.31. The standard InChI is InChI=1S/C18H28BrNO/c1-2-11-20-17(8-4-9-18-10-5-12-21-18)14-15-6-3-7-16(19)13-15/h3,6-7,13,17-18,20H,2,4-5,8-12,14H2,1H3. The minimum atomic E-state index is 0.530. The maximum absolute atomic E-state index is 5.72. The lowest BCUT2D eigenvalue weighted by Crippen LogP contribution is -2.32. The van der Waals surface area contributed by atoms with Crippen LogP contribution >= 0.6 is 15.9 Å². The zero-order valence-corrected chi connectivity index (χ0v) is 14.7. The highest BCUT2D eigenvalue weighted by Gasteiger charge is 2.16. The molecule has 0 spiro atoms. The SMILES string of the molecule is CCCNC(CCCC1CCCO1)Cc1cccc(Br)c1. The third-order valence-electron chi connectivity index (χ3n) is 4.16. The van der Waals surface area contributed by atoms with E-state index in [0.29, 0.717) is 12.1 Å². The van der Waals surface area contributed by atoms with Gasteiger partial charge in [-0.25, -0.2) is 0 Å². The van der Waals surface area contributed by atoms with Crippen molar-refractivity contribution < 1.29 is 4.74 Å². The fourth-order valence-corrected chi connectivity index (χ4v) is 3.48. The summed E-state index contributed by atoms with van der Waals surface area (Å²) < 4.78 is 6.90. The monoisotopic (exact) mass is 353 g/mol. The Bertz CT molecular complexity index is 404. The van der Waals surface area contributed by atoms with Gasteiger partial charge in [0.25, 0.3) is 0 Å². The van der Waals surface area contributed by atoms with E-state index in [1.807, 2.05) is 0 Å². The van der Waals surface area contributed by atoms with Crippen molar-refractivity contribution >= 4 is 15.9 Å². The Morgan fingerprint density at radius 1 is 1.43 bits per heavy atom. The van der Waals surface area contributed by atoms with Crippen molar-refractivity contribution in [3.63, 3.8) is 0 Å². The molecule has 2 atom stereocenters. The predicted molar refractivity (Wildman–Crippen MR) is 92.8 cm³/mol. The van der Waals surface area contributed by atoms with E-state index in [0.717, 1.165) is 19.6 Å². The summed E-state index contributed by atoms with van der Waals surface area (Å²) in [4.78, 5) is 0. The normalized spacial score (nSPS) is 19.8. The topological polar surface area (TPSA) is 21.3 Å². The molecule has 1 aromatic carbocycles. The van der Waals surface area contributed by atoms with Crippen LogP contribution in [0, 0.1) is 0 Å². The molecule has 0 amide bonds. The second kappa shape index (κ2) is 9.60. The molecule has 118 valence electrons. The molecule has 0 aliphatic carbocycles. The van der Waals surface area contributed by atoms with Gasteiger partial charge in [-0.3, -0.25) is 0 Å². The van der Waals surface area contributed by atoms with Gasteiger partial charge in [0.15, 0.2) is 0 Å². The molecule has 0 radical (unpaired) electrons. The molecule has 1 aromatic rings. The fraction of sp³-hybridized carbons (Fsp3) is 0.667. The summed E-state index contributed by atoms with van der Waals surface area (Å²) >= 11 is 3.57. The molecule has 1 saturated heterocycles. The van der Waals surface area contributed by atoms with Gasteiger partial charge in [-0.1, -0.05) is 35.0 Å². The lowest BCUT2D eigenvalue weighted by molar-refractivity contribution is 0.101. The average Bonchev–Trinajstić information content (AvgIpc) is 2.98. The van der Waals surface area contributed by atoms with Crippen LogP contribution in [0.2, 0.25) is 0 Å². The first-order valence-electron chi connectivity index (χ1n) is 8.37. The molecule has 1 heterocycles. The van der Waals surface area contributed by atoms with Crippen molar-refractivity contribution in [3.05, 3.63) is 34.3 Å². The number of hydrogen-bond donors (Lipinski definition) is 1. The molecule has 1 aliphatic rings. The van der Waals surface area contributed by atoms with Gasteiger partial charge in [-0.15, -0.1) is 0 Å². The van der Waals surface area contributed by atoms with Crippen molar-refractivity contribution in [2.75, 3.05) is 13.2 Å². The van der Waals surface area contributed by atoms with Gasteiger partial charge in [0.2, 0.25) is 0 Å². The predicted octanol–water partition coefficient (Wildman–Crippen LogP) is 4.71. The van der Waals surface area contributed by atoms with E-state index in [-0.39, 0.29) is 0 Å². The van der Waals surface area contributed by atoms with Crippen LogP contribution in [0.25, 0.3) is 0 Å². The molecule has 3 heteroatoms. The number of nitrogens with one attached hydrogen (secondary N) is 1. The number of ether oxygens (including phenoxy) is 1. The lowest BCUT2D eigenvalue weighted by Gasteiger charge is -2.19. The van der Waals surface area contributed by atoms with E-state index in [1.165, 1.54) is 48.6 Å². The highest BCUT2D eigenvalue weighted by atomic mass is 79.9. The third-order valence-corrected chi connectivity index (χ3v) is 4.65. The van der Waals surface area contributed by atoms with E-state index in [2.05, 4.69) is 52.4 Å². The highest BCUT2D eigenvalue weighted by Crippen LogP contribution is 2.19. The Morgan fingerprint density at radius 3 is 3.05 bits per heavy atom. The van der Waals surface area contributed by atoms with E-state index in [4.69, 9.17) is 4.74 Å². The van der Waals surface area contributed by atoms with Crippen LogP contribution in [0.3, 0.4) is 0 Å². The van der Waals surface area contributed by atoms with E-state index in [9.17, 15) is 0 Å². The van der Waals surface area contributed by atoms with Gasteiger partial charge in [0.05, 0.1) is 6.10 Å². The number of halogens is 1. The molecule has 1 fully saturated rings. The molecule has 2 rings (SSSR count). The average molecular weight is 354 g/mol. The third kappa shape index (κ3) is 6.50. The van der Waals surface area contributed by atoms with Crippen molar-refractivity contribution in [2.24, 2.45) is 0 Å². The number of benzene rings is 1. The molecule has 1 aliphatic heterocycles. The fourth-order valence-electron chi connectivity index (χ4n) is 3.04. The van der Waals surface area contributed by atoms with Crippen LogP contribution in [0.15, 0.2) is 28.7 Å². The van der Waals surface area contributed by atoms with E-state index >= 15 is 0 Å².